The Balaban J connectivity index is 1.47. The van der Waals surface area contributed by atoms with E-state index < -0.39 is 5.91 Å². The molecule has 0 aliphatic carbocycles. The quantitative estimate of drug-likeness (QED) is 0.384. The number of carbonyl (C=O) groups excluding carboxylic acids is 1. The molecule has 0 radical (unpaired) electrons. The summed E-state index contributed by atoms with van der Waals surface area (Å²) in [5, 5.41) is 2.94. The van der Waals surface area contributed by atoms with Gasteiger partial charge in [0, 0.05) is 11.8 Å². The van der Waals surface area contributed by atoms with Crippen molar-refractivity contribution in [3.05, 3.63) is 94.6 Å². The van der Waals surface area contributed by atoms with Crippen molar-refractivity contribution >= 4 is 22.6 Å². The Kier molecular flexibility index (Phi) is 6.40. The fraction of sp³-hybridized carbons (Fsp3) is 0.154. The number of rotatable bonds is 7. The smallest absolute Gasteiger partial charge is 0.262 e. The van der Waals surface area contributed by atoms with E-state index in [1.54, 1.807) is 12.1 Å². The van der Waals surface area contributed by atoms with Crippen LogP contribution >= 0.6 is 0 Å². The van der Waals surface area contributed by atoms with E-state index in [1.165, 1.54) is 36.6 Å². The lowest BCUT2D eigenvalue weighted by molar-refractivity contribution is -0.118. The van der Waals surface area contributed by atoms with Gasteiger partial charge in [0.25, 0.3) is 5.91 Å². The molecule has 0 saturated heterocycles. The molecule has 0 aliphatic rings. The number of ether oxygens (including phenoxy) is 2. The highest BCUT2D eigenvalue weighted by molar-refractivity contribution is 5.91. The van der Waals surface area contributed by atoms with Gasteiger partial charge in [-0.1, -0.05) is 32.0 Å². The SMILES string of the molecule is CC(C)c1ccccc1Oc1coc2cc(OCC(=O)Nc3ccc(F)cc3)ccc2c1=O. The molecule has 33 heavy (non-hydrogen) atoms. The number of benzene rings is 3. The van der Waals surface area contributed by atoms with Crippen molar-refractivity contribution in [3.8, 4) is 17.2 Å². The summed E-state index contributed by atoms with van der Waals surface area (Å²) >= 11 is 0. The second-order valence-electron chi connectivity index (χ2n) is 7.73. The third-order valence-electron chi connectivity index (χ3n) is 4.97. The van der Waals surface area contributed by atoms with Crippen molar-refractivity contribution in [1.82, 2.24) is 0 Å². The average molecular weight is 447 g/mol. The number of halogens is 1. The maximum absolute atomic E-state index is 13.0. The van der Waals surface area contributed by atoms with Crippen LogP contribution in [-0.2, 0) is 4.79 Å². The van der Waals surface area contributed by atoms with Crippen LogP contribution < -0.4 is 20.2 Å². The number of para-hydroxylation sites is 1. The Morgan fingerprint density at radius 3 is 2.55 bits per heavy atom. The maximum Gasteiger partial charge on any atom is 0.262 e. The second-order valence-corrected chi connectivity index (χ2v) is 7.73. The zero-order valence-electron chi connectivity index (χ0n) is 18.1. The molecule has 4 aromatic rings. The van der Waals surface area contributed by atoms with E-state index >= 15 is 0 Å². The standard InChI is InChI=1S/C26H22FNO5/c1-16(2)20-5-3-4-6-22(20)33-24-14-32-23-13-19(11-12-21(23)26(24)30)31-15-25(29)28-18-9-7-17(27)8-10-18/h3-14,16H,15H2,1-2H3,(H,28,29). The summed E-state index contributed by atoms with van der Waals surface area (Å²) in [4.78, 5) is 25.0. The maximum atomic E-state index is 13.0. The highest BCUT2D eigenvalue weighted by Gasteiger charge is 2.14. The van der Waals surface area contributed by atoms with Gasteiger partial charge in [0.05, 0.1) is 5.39 Å². The first-order valence-electron chi connectivity index (χ1n) is 10.4. The highest BCUT2D eigenvalue weighted by Crippen LogP contribution is 2.30. The summed E-state index contributed by atoms with van der Waals surface area (Å²) in [5.41, 5.74) is 1.44. The van der Waals surface area contributed by atoms with E-state index in [0.717, 1.165) is 5.56 Å². The molecule has 4 rings (SSSR count). The first-order valence-corrected chi connectivity index (χ1v) is 10.4. The van der Waals surface area contributed by atoms with Crippen molar-refractivity contribution in [2.45, 2.75) is 19.8 Å². The van der Waals surface area contributed by atoms with Gasteiger partial charge in [-0.05, 0) is 53.9 Å². The van der Waals surface area contributed by atoms with Crippen molar-refractivity contribution in [3.63, 3.8) is 0 Å². The second kappa shape index (κ2) is 9.56. The molecule has 0 atom stereocenters. The number of anilines is 1. The molecular formula is C26H22FNO5. The van der Waals surface area contributed by atoms with Gasteiger partial charge in [-0.25, -0.2) is 4.39 Å². The van der Waals surface area contributed by atoms with Gasteiger partial charge in [-0.3, -0.25) is 9.59 Å². The summed E-state index contributed by atoms with van der Waals surface area (Å²) in [6.45, 7) is 3.83. The molecule has 3 aromatic carbocycles. The molecule has 1 heterocycles. The molecule has 6 nitrogen and oxygen atoms in total. The molecular weight excluding hydrogens is 425 g/mol. The van der Waals surface area contributed by atoms with E-state index in [-0.39, 0.29) is 29.5 Å². The number of fused-ring (bicyclic) bond motifs is 1. The molecule has 168 valence electrons. The van der Waals surface area contributed by atoms with Crippen molar-refractivity contribution in [1.29, 1.82) is 0 Å². The van der Waals surface area contributed by atoms with Crippen LogP contribution in [0, 0.1) is 5.82 Å². The summed E-state index contributed by atoms with van der Waals surface area (Å²) in [6.07, 6.45) is 1.27. The monoisotopic (exact) mass is 447 g/mol. The molecule has 0 saturated carbocycles. The Morgan fingerprint density at radius 1 is 1.03 bits per heavy atom. The van der Waals surface area contributed by atoms with Crippen LogP contribution in [0.1, 0.15) is 25.3 Å². The Hall–Kier alpha value is -4.13. The first-order chi connectivity index (χ1) is 15.9. The van der Waals surface area contributed by atoms with Crippen molar-refractivity contribution < 1.29 is 23.1 Å². The van der Waals surface area contributed by atoms with Crippen LogP contribution in [0.2, 0.25) is 0 Å². The third-order valence-corrected chi connectivity index (χ3v) is 4.97. The minimum absolute atomic E-state index is 0.0861. The molecule has 7 heteroatoms. The van der Waals surface area contributed by atoms with E-state index in [2.05, 4.69) is 5.32 Å². The number of amides is 1. The Morgan fingerprint density at radius 2 is 1.79 bits per heavy atom. The van der Waals surface area contributed by atoms with E-state index in [1.807, 2.05) is 38.1 Å². The van der Waals surface area contributed by atoms with Crippen LogP contribution in [0.25, 0.3) is 11.0 Å². The van der Waals surface area contributed by atoms with Crippen LogP contribution in [0.5, 0.6) is 17.2 Å². The van der Waals surface area contributed by atoms with Crippen LogP contribution in [0.4, 0.5) is 10.1 Å². The lowest BCUT2D eigenvalue weighted by Crippen LogP contribution is -2.20. The summed E-state index contributed by atoms with van der Waals surface area (Å²) in [7, 11) is 0. The van der Waals surface area contributed by atoms with Crippen molar-refractivity contribution in [2.24, 2.45) is 0 Å². The highest BCUT2D eigenvalue weighted by atomic mass is 19.1. The minimum Gasteiger partial charge on any atom is -0.484 e. The molecule has 1 N–H and O–H groups in total. The van der Waals surface area contributed by atoms with Gasteiger partial charge in [-0.2, -0.15) is 0 Å². The van der Waals surface area contributed by atoms with Crippen LogP contribution in [0.3, 0.4) is 0 Å². The lowest BCUT2D eigenvalue weighted by Gasteiger charge is -2.13. The molecule has 0 aliphatic heterocycles. The molecule has 0 spiro atoms. The molecule has 0 unspecified atom stereocenters. The zero-order chi connectivity index (χ0) is 23.4. The lowest BCUT2D eigenvalue weighted by atomic mass is 10.0. The van der Waals surface area contributed by atoms with Gasteiger partial charge in [0.1, 0.15) is 29.2 Å². The Labute approximate surface area is 189 Å². The van der Waals surface area contributed by atoms with Gasteiger partial charge >= 0.3 is 0 Å². The predicted molar refractivity (Wildman–Crippen MR) is 124 cm³/mol. The van der Waals surface area contributed by atoms with Crippen molar-refractivity contribution in [2.75, 3.05) is 11.9 Å². The summed E-state index contributed by atoms with van der Waals surface area (Å²) in [5.74, 6) is 0.483. The average Bonchev–Trinajstić information content (AvgIpc) is 2.81. The first kappa shape index (κ1) is 22.1. The summed E-state index contributed by atoms with van der Waals surface area (Å²) < 4.78 is 29.9. The number of carbonyl (C=O) groups is 1. The number of nitrogens with one attached hydrogen (secondary N) is 1. The fourth-order valence-electron chi connectivity index (χ4n) is 3.30. The van der Waals surface area contributed by atoms with Crippen LogP contribution in [0.15, 0.2) is 82.2 Å². The number of hydrogen-bond acceptors (Lipinski definition) is 5. The predicted octanol–water partition coefficient (Wildman–Crippen LogP) is 5.87. The topological polar surface area (TPSA) is 77.8 Å². The largest absolute Gasteiger partial charge is 0.484 e. The van der Waals surface area contributed by atoms with Crippen LogP contribution in [-0.4, -0.2) is 12.5 Å². The zero-order valence-corrected chi connectivity index (χ0v) is 18.1. The minimum atomic E-state index is -0.407. The van der Waals surface area contributed by atoms with Gasteiger partial charge in [-0.15, -0.1) is 0 Å². The van der Waals surface area contributed by atoms with Gasteiger partial charge < -0.3 is 19.2 Å². The summed E-state index contributed by atoms with van der Waals surface area (Å²) in [6, 6.07) is 17.6. The van der Waals surface area contributed by atoms with E-state index in [4.69, 9.17) is 13.9 Å². The molecule has 1 amide bonds. The van der Waals surface area contributed by atoms with Gasteiger partial charge in [0.15, 0.2) is 6.61 Å². The number of hydrogen-bond donors (Lipinski definition) is 1. The normalized spacial score (nSPS) is 10.9. The Bertz CT molecular complexity index is 1350. The van der Waals surface area contributed by atoms with Gasteiger partial charge in [0.2, 0.25) is 11.2 Å². The molecule has 0 fully saturated rings. The third kappa shape index (κ3) is 5.20. The molecule has 0 bridgehead atoms. The fourth-order valence-corrected chi connectivity index (χ4v) is 3.30. The van der Waals surface area contributed by atoms with E-state index in [0.29, 0.717) is 28.2 Å². The van der Waals surface area contributed by atoms with E-state index in [9.17, 15) is 14.0 Å². The molecule has 1 aromatic heterocycles.